The molecule has 0 aliphatic rings. The number of ether oxygens (including phenoxy) is 1. The Hall–Kier alpha value is -2.14. The molecule has 0 aliphatic carbocycles. The number of fused-ring (bicyclic) bond motifs is 1. The molecule has 0 saturated carbocycles. The number of pyridine rings is 1. The maximum Gasteiger partial charge on any atom is 0.240 e. The molecule has 5 heteroatoms. The third-order valence-electron chi connectivity index (χ3n) is 2.83. The number of carbonyl (C=O) groups excluding carboxylic acids is 1. The number of amides is 1. The molecule has 0 fully saturated rings. The highest BCUT2D eigenvalue weighted by atomic mass is 16.5. The molecule has 19 heavy (non-hydrogen) atoms. The standard InChI is InChI=1S/C14H16N2O3/c1-19-9-7-15-14(18)10-16-8-6-13(17)11-4-2-3-5-12(11)16/h2-6,8H,7,9-10H2,1H3,(H,15,18). The fourth-order valence-corrected chi connectivity index (χ4v) is 1.90. The lowest BCUT2D eigenvalue weighted by Gasteiger charge is -2.10. The van der Waals surface area contributed by atoms with Gasteiger partial charge in [0.25, 0.3) is 0 Å². The van der Waals surface area contributed by atoms with Crippen LogP contribution in [-0.4, -0.2) is 30.7 Å². The highest BCUT2D eigenvalue weighted by Gasteiger charge is 2.05. The first-order valence-corrected chi connectivity index (χ1v) is 6.06. The summed E-state index contributed by atoms with van der Waals surface area (Å²) < 4.78 is 6.63. The largest absolute Gasteiger partial charge is 0.383 e. The second-order valence-electron chi connectivity index (χ2n) is 4.17. The smallest absolute Gasteiger partial charge is 0.240 e. The Morgan fingerprint density at radius 1 is 1.32 bits per heavy atom. The van der Waals surface area contributed by atoms with Gasteiger partial charge in [-0.1, -0.05) is 12.1 Å². The van der Waals surface area contributed by atoms with Crippen molar-refractivity contribution in [3.63, 3.8) is 0 Å². The number of rotatable bonds is 5. The number of aromatic nitrogens is 1. The Labute approximate surface area is 110 Å². The van der Waals surface area contributed by atoms with Crippen LogP contribution in [-0.2, 0) is 16.1 Å². The van der Waals surface area contributed by atoms with Gasteiger partial charge in [0, 0.05) is 31.3 Å². The molecule has 0 saturated heterocycles. The van der Waals surface area contributed by atoms with E-state index in [-0.39, 0.29) is 17.9 Å². The van der Waals surface area contributed by atoms with Crippen LogP contribution in [0, 0.1) is 0 Å². The first kappa shape index (κ1) is 13.3. The van der Waals surface area contributed by atoms with Crippen molar-refractivity contribution in [2.75, 3.05) is 20.3 Å². The van der Waals surface area contributed by atoms with Gasteiger partial charge in [-0.3, -0.25) is 9.59 Å². The minimum atomic E-state index is -0.106. The highest BCUT2D eigenvalue weighted by molar-refractivity contribution is 5.82. The van der Waals surface area contributed by atoms with Crippen LogP contribution < -0.4 is 10.7 Å². The average molecular weight is 260 g/mol. The predicted octanol–water partition coefficient (Wildman–Crippen LogP) is 0.764. The Morgan fingerprint density at radius 3 is 2.89 bits per heavy atom. The van der Waals surface area contributed by atoms with Gasteiger partial charge >= 0.3 is 0 Å². The van der Waals surface area contributed by atoms with Crippen LogP contribution >= 0.6 is 0 Å². The molecule has 2 aromatic rings. The number of benzene rings is 1. The van der Waals surface area contributed by atoms with E-state index in [1.54, 1.807) is 23.9 Å². The first-order chi connectivity index (χ1) is 9.22. The molecule has 0 spiro atoms. The van der Waals surface area contributed by atoms with E-state index in [4.69, 9.17) is 4.74 Å². The SMILES string of the molecule is COCCNC(=O)Cn1ccc(=O)c2ccccc21. The Balaban J connectivity index is 2.19. The van der Waals surface area contributed by atoms with E-state index in [2.05, 4.69) is 5.32 Å². The van der Waals surface area contributed by atoms with Gasteiger partial charge in [-0.15, -0.1) is 0 Å². The minimum Gasteiger partial charge on any atom is -0.383 e. The van der Waals surface area contributed by atoms with Gasteiger partial charge in [-0.2, -0.15) is 0 Å². The van der Waals surface area contributed by atoms with E-state index in [0.29, 0.717) is 18.5 Å². The summed E-state index contributed by atoms with van der Waals surface area (Å²) in [4.78, 5) is 23.4. The van der Waals surface area contributed by atoms with E-state index in [0.717, 1.165) is 5.52 Å². The van der Waals surface area contributed by atoms with Gasteiger partial charge in [0.1, 0.15) is 6.54 Å². The molecule has 0 aliphatic heterocycles. The van der Waals surface area contributed by atoms with E-state index >= 15 is 0 Å². The molecule has 0 radical (unpaired) electrons. The van der Waals surface area contributed by atoms with Crippen LogP contribution in [0.3, 0.4) is 0 Å². The molecule has 2 rings (SSSR count). The van der Waals surface area contributed by atoms with Crippen LogP contribution in [0.25, 0.3) is 10.9 Å². The summed E-state index contributed by atoms with van der Waals surface area (Å²) >= 11 is 0. The maximum atomic E-state index is 11.8. The first-order valence-electron chi connectivity index (χ1n) is 6.06. The molecule has 5 nitrogen and oxygen atoms in total. The molecular weight excluding hydrogens is 244 g/mol. The third-order valence-corrected chi connectivity index (χ3v) is 2.83. The van der Waals surface area contributed by atoms with Crippen molar-refractivity contribution < 1.29 is 9.53 Å². The zero-order chi connectivity index (χ0) is 13.7. The molecule has 0 unspecified atom stereocenters. The summed E-state index contributed by atoms with van der Waals surface area (Å²) in [5, 5.41) is 3.37. The third kappa shape index (κ3) is 3.20. The summed E-state index contributed by atoms with van der Waals surface area (Å²) in [6.07, 6.45) is 1.64. The summed E-state index contributed by atoms with van der Waals surface area (Å²) in [5.74, 6) is -0.106. The lowest BCUT2D eigenvalue weighted by Crippen LogP contribution is -2.30. The Morgan fingerprint density at radius 2 is 2.11 bits per heavy atom. The lowest BCUT2D eigenvalue weighted by molar-refractivity contribution is -0.121. The van der Waals surface area contributed by atoms with Gasteiger partial charge in [0.05, 0.1) is 12.1 Å². The van der Waals surface area contributed by atoms with Crippen LogP contribution in [0.1, 0.15) is 0 Å². The molecule has 1 N–H and O–H groups in total. The zero-order valence-electron chi connectivity index (χ0n) is 10.8. The summed E-state index contributed by atoms with van der Waals surface area (Å²) in [6.45, 7) is 1.15. The second kappa shape index (κ2) is 6.15. The van der Waals surface area contributed by atoms with Crippen molar-refractivity contribution in [2.24, 2.45) is 0 Å². The number of methoxy groups -OCH3 is 1. The molecule has 1 aromatic heterocycles. The molecular formula is C14H16N2O3. The van der Waals surface area contributed by atoms with E-state index in [1.807, 2.05) is 18.2 Å². The van der Waals surface area contributed by atoms with Gasteiger partial charge in [-0.25, -0.2) is 0 Å². The summed E-state index contributed by atoms with van der Waals surface area (Å²) in [5.41, 5.74) is 0.725. The monoisotopic (exact) mass is 260 g/mol. The number of carbonyl (C=O) groups is 1. The highest BCUT2D eigenvalue weighted by Crippen LogP contribution is 2.08. The van der Waals surface area contributed by atoms with Crippen molar-refractivity contribution in [1.82, 2.24) is 9.88 Å². The van der Waals surface area contributed by atoms with Crippen LogP contribution in [0.5, 0.6) is 0 Å². The second-order valence-corrected chi connectivity index (χ2v) is 4.17. The molecule has 1 amide bonds. The molecule has 1 heterocycles. The van der Waals surface area contributed by atoms with Crippen LogP contribution in [0.15, 0.2) is 41.3 Å². The maximum absolute atomic E-state index is 11.8. The Kier molecular flexibility index (Phi) is 4.30. The van der Waals surface area contributed by atoms with Crippen LogP contribution in [0.4, 0.5) is 0 Å². The molecule has 100 valence electrons. The Bertz CT molecular complexity index is 634. The number of hydrogen-bond donors (Lipinski definition) is 1. The van der Waals surface area contributed by atoms with Crippen molar-refractivity contribution in [3.05, 3.63) is 46.8 Å². The normalized spacial score (nSPS) is 10.6. The lowest BCUT2D eigenvalue weighted by atomic mass is 10.2. The molecule has 0 bridgehead atoms. The average Bonchev–Trinajstić information content (AvgIpc) is 2.43. The van der Waals surface area contributed by atoms with Crippen LogP contribution in [0.2, 0.25) is 0 Å². The summed E-state index contributed by atoms with van der Waals surface area (Å²) in [7, 11) is 1.58. The van der Waals surface area contributed by atoms with Gasteiger partial charge < -0.3 is 14.6 Å². The van der Waals surface area contributed by atoms with Gasteiger partial charge in [0.15, 0.2) is 5.43 Å². The van der Waals surface area contributed by atoms with E-state index in [1.165, 1.54) is 6.07 Å². The van der Waals surface area contributed by atoms with Gasteiger partial charge in [0.2, 0.25) is 5.91 Å². The van der Waals surface area contributed by atoms with E-state index < -0.39 is 0 Å². The number of hydrogen-bond acceptors (Lipinski definition) is 3. The quantitative estimate of drug-likeness (QED) is 0.808. The minimum absolute atomic E-state index is 0.0355. The van der Waals surface area contributed by atoms with Crippen molar-refractivity contribution >= 4 is 16.8 Å². The predicted molar refractivity (Wildman–Crippen MR) is 73.1 cm³/mol. The summed E-state index contributed by atoms with van der Waals surface area (Å²) in [6, 6.07) is 8.73. The number of para-hydroxylation sites is 1. The van der Waals surface area contributed by atoms with Gasteiger partial charge in [-0.05, 0) is 12.1 Å². The van der Waals surface area contributed by atoms with Crippen molar-refractivity contribution in [1.29, 1.82) is 0 Å². The fourth-order valence-electron chi connectivity index (χ4n) is 1.90. The van der Waals surface area contributed by atoms with E-state index in [9.17, 15) is 9.59 Å². The fraction of sp³-hybridized carbons (Fsp3) is 0.286. The van der Waals surface area contributed by atoms with Crippen molar-refractivity contribution in [3.8, 4) is 0 Å². The topological polar surface area (TPSA) is 60.3 Å². The number of nitrogens with one attached hydrogen (secondary N) is 1. The molecule has 1 aromatic carbocycles. The zero-order valence-corrected chi connectivity index (χ0v) is 10.8. The molecule has 0 atom stereocenters. The van der Waals surface area contributed by atoms with Crippen molar-refractivity contribution in [2.45, 2.75) is 6.54 Å². The number of nitrogens with zero attached hydrogens (tertiary/aromatic N) is 1.